The van der Waals surface area contributed by atoms with Gasteiger partial charge in [-0.05, 0) is 12.1 Å². The average Bonchev–Trinajstić information content (AvgIpc) is 3.10. The van der Waals surface area contributed by atoms with Crippen molar-refractivity contribution in [2.24, 2.45) is 0 Å². The third kappa shape index (κ3) is 3.68. The van der Waals surface area contributed by atoms with E-state index in [1.54, 1.807) is 14.2 Å². The van der Waals surface area contributed by atoms with E-state index in [2.05, 4.69) is 4.98 Å². The van der Waals surface area contributed by atoms with Crippen molar-refractivity contribution in [3.63, 3.8) is 0 Å². The lowest BCUT2D eigenvalue weighted by Crippen LogP contribution is -2.41. The Labute approximate surface area is 145 Å². The van der Waals surface area contributed by atoms with Gasteiger partial charge in [0.2, 0.25) is 5.91 Å². The van der Waals surface area contributed by atoms with E-state index in [1.165, 1.54) is 11.3 Å². The molecule has 1 amide bonds. The molecule has 1 aliphatic heterocycles. The molecule has 1 fully saturated rings. The molecular formula is C17H20N2O4S. The molecular weight excluding hydrogens is 328 g/mol. The first-order chi connectivity index (χ1) is 11.7. The predicted molar refractivity (Wildman–Crippen MR) is 91.8 cm³/mol. The summed E-state index contributed by atoms with van der Waals surface area (Å²) in [5.41, 5.74) is 1.70. The standard InChI is InChI=1S/C17H20N2O4S/c1-21-12-3-4-13(15(9-12)22-2)14-11-24-16(18-14)10-17(20)19-5-7-23-8-6-19/h3-4,9,11H,5-8,10H2,1-2H3. The van der Waals surface area contributed by atoms with Gasteiger partial charge in [0.15, 0.2) is 0 Å². The number of rotatable bonds is 5. The first kappa shape index (κ1) is 16.7. The van der Waals surface area contributed by atoms with Crippen LogP contribution in [-0.4, -0.2) is 56.3 Å². The smallest absolute Gasteiger partial charge is 0.229 e. The third-order valence-electron chi connectivity index (χ3n) is 3.90. The maximum atomic E-state index is 12.3. The summed E-state index contributed by atoms with van der Waals surface area (Å²) in [6, 6.07) is 5.61. The number of carbonyl (C=O) groups excluding carboxylic acids is 1. The summed E-state index contributed by atoms with van der Waals surface area (Å²) in [5.74, 6) is 1.53. The van der Waals surface area contributed by atoms with Crippen molar-refractivity contribution in [1.29, 1.82) is 0 Å². The molecule has 0 atom stereocenters. The zero-order chi connectivity index (χ0) is 16.9. The fourth-order valence-electron chi connectivity index (χ4n) is 2.58. The molecule has 1 aromatic heterocycles. The van der Waals surface area contributed by atoms with Crippen LogP contribution in [0.15, 0.2) is 23.6 Å². The number of benzene rings is 1. The number of morpholine rings is 1. The largest absolute Gasteiger partial charge is 0.497 e. The van der Waals surface area contributed by atoms with Crippen LogP contribution >= 0.6 is 11.3 Å². The Kier molecular flexibility index (Phi) is 5.32. The molecule has 0 aliphatic carbocycles. The van der Waals surface area contributed by atoms with Crippen LogP contribution < -0.4 is 9.47 Å². The highest BCUT2D eigenvalue weighted by Crippen LogP contribution is 2.33. The fraction of sp³-hybridized carbons (Fsp3) is 0.412. The molecule has 24 heavy (non-hydrogen) atoms. The van der Waals surface area contributed by atoms with Gasteiger partial charge in [0.05, 0.1) is 39.5 Å². The van der Waals surface area contributed by atoms with Crippen LogP contribution in [0.2, 0.25) is 0 Å². The van der Waals surface area contributed by atoms with E-state index in [4.69, 9.17) is 14.2 Å². The number of methoxy groups -OCH3 is 2. The van der Waals surface area contributed by atoms with Crippen molar-refractivity contribution in [3.05, 3.63) is 28.6 Å². The average molecular weight is 348 g/mol. The minimum atomic E-state index is 0.0981. The fourth-order valence-corrected chi connectivity index (χ4v) is 3.37. The summed E-state index contributed by atoms with van der Waals surface area (Å²) in [4.78, 5) is 18.7. The zero-order valence-electron chi connectivity index (χ0n) is 13.8. The van der Waals surface area contributed by atoms with E-state index < -0.39 is 0 Å². The molecule has 7 heteroatoms. The maximum absolute atomic E-state index is 12.3. The third-order valence-corrected chi connectivity index (χ3v) is 4.75. The number of nitrogens with zero attached hydrogens (tertiary/aromatic N) is 2. The van der Waals surface area contributed by atoms with Crippen molar-refractivity contribution in [1.82, 2.24) is 9.88 Å². The minimum absolute atomic E-state index is 0.0981. The molecule has 3 rings (SSSR count). The van der Waals surface area contributed by atoms with Gasteiger partial charge in [-0.2, -0.15) is 0 Å². The lowest BCUT2D eigenvalue weighted by Gasteiger charge is -2.26. The highest BCUT2D eigenvalue weighted by atomic mass is 32.1. The van der Waals surface area contributed by atoms with E-state index in [0.717, 1.165) is 22.0 Å². The lowest BCUT2D eigenvalue weighted by molar-refractivity contribution is -0.134. The first-order valence-corrected chi connectivity index (χ1v) is 8.61. The van der Waals surface area contributed by atoms with Crippen molar-refractivity contribution in [2.45, 2.75) is 6.42 Å². The summed E-state index contributed by atoms with van der Waals surface area (Å²) in [6.07, 6.45) is 0.323. The number of carbonyl (C=O) groups is 1. The monoisotopic (exact) mass is 348 g/mol. The van der Waals surface area contributed by atoms with Gasteiger partial charge in [0.1, 0.15) is 16.5 Å². The Morgan fingerprint density at radius 1 is 1.29 bits per heavy atom. The van der Waals surface area contributed by atoms with Crippen molar-refractivity contribution in [2.75, 3.05) is 40.5 Å². The highest BCUT2D eigenvalue weighted by Gasteiger charge is 2.19. The van der Waals surface area contributed by atoms with Gasteiger partial charge in [-0.3, -0.25) is 4.79 Å². The predicted octanol–water partition coefficient (Wildman–Crippen LogP) is 2.23. The topological polar surface area (TPSA) is 60.9 Å². The summed E-state index contributed by atoms with van der Waals surface area (Å²) < 4.78 is 15.9. The van der Waals surface area contributed by atoms with Crippen LogP contribution in [0.3, 0.4) is 0 Å². The van der Waals surface area contributed by atoms with Gasteiger partial charge in [0.25, 0.3) is 0 Å². The second-order valence-electron chi connectivity index (χ2n) is 5.36. The van der Waals surface area contributed by atoms with Crippen LogP contribution in [0.1, 0.15) is 5.01 Å². The second-order valence-corrected chi connectivity index (χ2v) is 6.31. The van der Waals surface area contributed by atoms with Gasteiger partial charge >= 0.3 is 0 Å². The van der Waals surface area contributed by atoms with Gasteiger partial charge in [-0.1, -0.05) is 0 Å². The van der Waals surface area contributed by atoms with Gasteiger partial charge in [-0.15, -0.1) is 11.3 Å². The van der Waals surface area contributed by atoms with Crippen molar-refractivity contribution < 1.29 is 19.0 Å². The molecule has 1 aliphatic rings. The number of hydrogen-bond donors (Lipinski definition) is 0. The number of ether oxygens (including phenoxy) is 3. The molecule has 1 aromatic carbocycles. The van der Waals surface area contributed by atoms with E-state index in [0.29, 0.717) is 38.5 Å². The molecule has 2 heterocycles. The SMILES string of the molecule is COc1ccc(-c2csc(CC(=O)N3CCOCC3)n2)c(OC)c1. The first-order valence-electron chi connectivity index (χ1n) is 7.73. The Bertz CT molecular complexity index is 710. The molecule has 0 bridgehead atoms. The van der Waals surface area contributed by atoms with Gasteiger partial charge < -0.3 is 19.1 Å². The Morgan fingerprint density at radius 3 is 2.79 bits per heavy atom. The molecule has 0 radical (unpaired) electrons. The van der Waals surface area contributed by atoms with E-state index in [1.807, 2.05) is 28.5 Å². The molecule has 2 aromatic rings. The van der Waals surface area contributed by atoms with Crippen LogP contribution in [0.5, 0.6) is 11.5 Å². The molecule has 6 nitrogen and oxygen atoms in total. The molecule has 0 N–H and O–H groups in total. The number of hydrogen-bond acceptors (Lipinski definition) is 6. The number of thiazole rings is 1. The summed E-state index contributed by atoms with van der Waals surface area (Å²) in [6.45, 7) is 2.53. The lowest BCUT2D eigenvalue weighted by atomic mass is 10.1. The van der Waals surface area contributed by atoms with Gasteiger partial charge in [-0.25, -0.2) is 4.98 Å². The molecule has 1 saturated heterocycles. The molecule has 128 valence electrons. The van der Waals surface area contributed by atoms with E-state index >= 15 is 0 Å². The van der Waals surface area contributed by atoms with Crippen molar-refractivity contribution >= 4 is 17.2 Å². The van der Waals surface area contributed by atoms with E-state index in [9.17, 15) is 4.79 Å². The van der Waals surface area contributed by atoms with Crippen LogP contribution in [0.4, 0.5) is 0 Å². The number of aromatic nitrogens is 1. The zero-order valence-corrected chi connectivity index (χ0v) is 14.6. The van der Waals surface area contributed by atoms with Crippen LogP contribution in [0, 0.1) is 0 Å². The summed E-state index contributed by atoms with van der Waals surface area (Å²) in [7, 11) is 3.24. The summed E-state index contributed by atoms with van der Waals surface area (Å²) >= 11 is 1.49. The van der Waals surface area contributed by atoms with Gasteiger partial charge in [0, 0.05) is 30.1 Å². The summed E-state index contributed by atoms with van der Waals surface area (Å²) in [5, 5.41) is 2.76. The Morgan fingerprint density at radius 2 is 2.08 bits per heavy atom. The van der Waals surface area contributed by atoms with Crippen LogP contribution in [0.25, 0.3) is 11.3 Å². The molecule has 0 spiro atoms. The van der Waals surface area contributed by atoms with Crippen LogP contribution in [-0.2, 0) is 16.0 Å². The Hall–Kier alpha value is -2.12. The maximum Gasteiger partial charge on any atom is 0.229 e. The normalized spacial score (nSPS) is 14.5. The van der Waals surface area contributed by atoms with E-state index in [-0.39, 0.29) is 5.91 Å². The minimum Gasteiger partial charge on any atom is -0.497 e. The quantitative estimate of drug-likeness (QED) is 0.829. The highest BCUT2D eigenvalue weighted by molar-refractivity contribution is 7.10. The second kappa shape index (κ2) is 7.63. The molecule has 0 unspecified atom stereocenters. The number of amides is 1. The Balaban J connectivity index is 1.74. The molecule has 0 saturated carbocycles. The van der Waals surface area contributed by atoms with Crippen molar-refractivity contribution in [3.8, 4) is 22.8 Å².